The topological polar surface area (TPSA) is 37.0 Å². The first-order valence-corrected chi connectivity index (χ1v) is 7.98. The van der Waals surface area contributed by atoms with Gasteiger partial charge < -0.3 is 10.6 Å². The van der Waals surface area contributed by atoms with Crippen molar-refractivity contribution in [3.05, 3.63) is 37.5 Å². The maximum atomic E-state index is 6.17. The number of hydrogen-bond donors (Lipinski definition) is 2. The van der Waals surface area contributed by atoms with E-state index in [1.54, 1.807) is 17.4 Å². The number of anilines is 2. The van der Waals surface area contributed by atoms with Gasteiger partial charge in [0.15, 0.2) is 0 Å². The molecule has 0 unspecified atom stereocenters. The molecule has 2 N–H and O–H groups in total. The van der Waals surface area contributed by atoms with Gasteiger partial charge in [-0.2, -0.15) is 0 Å². The summed E-state index contributed by atoms with van der Waals surface area (Å²) in [6.07, 6.45) is 0. The van der Waals surface area contributed by atoms with Crippen LogP contribution in [0, 0.1) is 13.8 Å². The second-order valence-electron chi connectivity index (χ2n) is 4.49. The fourth-order valence-corrected chi connectivity index (χ4v) is 3.28. The minimum atomic E-state index is 0.529. The summed E-state index contributed by atoms with van der Waals surface area (Å²) in [6, 6.07) is 3.89. The molecule has 20 heavy (non-hydrogen) atoms. The number of rotatable bonds is 5. The highest BCUT2D eigenvalue weighted by atomic mass is 35.5. The van der Waals surface area contributed by atoms with Crippen LogP contribution >= 0.6 is 34.5 Å². The summed E-state index contributed by atoms with van der Waals surface area (Å²) in [5.74, 6) is 1.30. The number of nitrogens with one attached hydrogen (secondary N) is 2. The van der Waals surface area contributed by atoms with Crippen molar-refractivity contribution in [3.63, 3.8) is 0 Å². The number of aromatic nitrogens is 1. The average Bonchev–Trinajstić information content (AvgIpc) is 2.71. The highest BCUT2D eigenvalue weighted by molar-refractivity contribution is 7.12. The van der Waals surface area contributed by atoms with Crippen LogP contribution in [0.2, 0.25) is 10.0 Å². The Morgan fingerprint density at radius 2 is 1.75 bits per heavy atom. The van der Waals surface area contributed by atoms with Crippen molar-refractivity contribution in [1.82, 2.24) is 4.98 Å². The Labute approximate surface area is 133 Å². The van der Waals surface area contributed by atoms with Crippen LogP contribution in [0.3, 0.4) is 0 Å². The first-order valence-electron chi connectivity index (χ1n) is 6.41. The summed E-state index contributed by atoms with van der Waals surface area (Å²) in [7, 11) is 0. The van der Waals surface area contributed by atoms with Gasteiger partial charge in [-0.1, -0.05) is 23.2 Å². The Morgan fingerprint density at radius 3 is 2.30 bits per heavy atom. The van der Waals surface area contributed by atoms with Crippen LogP contribution in [0.5, 0.6) is 0 Å². The zero-order valence-electron chi connectivity index (χ0n) is 11.7. The van der Waals surface area contributed by atoms with Gasteiger partial charge in [-0.05, 0) is 38.5 Å². The summed E-state index contributed by atoms with van der Waals surface area (Å²) in [5.41, 5.74) is 1.32. The Bertz CT molecular complexity index is 591. The van der Waals surface area contributed by atoms with E-state index >= 15 is 0 Å². The van der Waals surface area contributed by atoms with Gasteiger partial charge in [0.1, 0.15) is 11.6 Å². The third-order valence-corrected chi connectivity index (χ3v) is 4.65. The zero-order valence-corrected chi connectivity index (χ0v) is 14.0. The molecule has 0 aliphatic heterocycles. The lowest BCUT2D eigenvalue weighted by Gasteiger charge is -2.11. The van der Waals surface area contributed by atoms with Crippen molar-refractivity contribution in [2.45, 2.75) is 27.3 Å². The molecule has 0 fully saturated rings. The Hall–Kier alpha value is -0.970. The first-order chi connectivity index (χ1) is 9.51. The molecule has 0 amide bonds. The number of pyridine rings is 1. The fourth-order valence-electron chi connectivity index (χ4n) is 1.79. The van der Waals surface area contributed by atoms with E-state index in [4.69, 9.17) is 23.2 Å². The minimum Gasteiger partial charge on any atom is -0.369 e. The molecule has 0 aliphatic carbocycles. The molecule has 6 heteroatoms. The molecule has 2 heterocycles. The molecular weight excluding hydrogens is 313 g/mol. The van der Waals surface area contributed by atoms with E-state index < -0.39 is 0 Å². The summed E-state index contributed by atoms with van der Waals surface area (Å²) < 4.78 is 0. The molecule has 2 aromatic heterocycles. The molecular formula is C14H17Cl2N3S. The fraction of sp³-hybridized carbons (Fsp3) is 0.357. The monoisotopic (exact) mass is 329 g/mol. The molecule has 2 aromatic rings. The van der Waals surface area contributed by atoms with E-state index in [0.29, 0.717) is 28.2 Å². The van der Waals surface area contributed by atoms with Crippen LogP contribution in [0.15, 0.2) is 12.1 Å². The van der Waals surface area contributed by atoms with Crippen LogP contribution in [0.25, 0.3) is 0 Å². The Morgan fingerprint density at radius 1 is 1.10 bits per heavy atom. The van der Waals surface area contributed by atoms with Gasteiger partial charge in [-0.15, -0.1) is 11.3 Å². The van der Waals surface area contributed by atoms with Crippen LogP contribution in [0.1, 0.15) is 22.2 Å². The second-order valence-corrected chi connectivity index (χ2v) is 6.64. The van der Waals surface area contributed by atoms with Gasteiger partial charge in [-0.25, -0.2) is 4.98 Å². The standard InChI is InChI=1S/C14H17Cl2N3S/c1-4-17-13-11(15)6-12(16)14(19-13)18-7-10-5-8(2)9(3)20-10/h5-6H,4,7H2,1-3H3,(H2,17,18,19). The largest absolute Gasteiger partial charge is 0.369 e. The smallest absolute Gasteiger partial charge is 0.147 e. The van der Waals surface area contributed by atoms with Crippen molar-refractivity contribution in [2.75, 3.05) is 17.2 Å². The molecule has 0 atom stereocenters. The van der Waals surface area contributed by atoms with Gasteiger partial charge in [0, 0.05) is 16.3 Å². The number of hydrogen-bond acceptors (Lipinski definition) is 4. The number of thiophene rings is 1. The van der Waals surface area contributed by atoms with Gasteiger partial charge >= 0.3 is 0 Å². The molecule has 108 valence electrons. The normalized spacial score (nSPS) is 10.7. The van der Waals surface area contributed by atoms with E-state index in [0.717, 1.165) is 6.54 Å². The van der Waals surface area contributed by atoms with Crippen LogP contribution in [0.4, 0.5) is 11.6 Å². The molecule has 0 bridgehead atoms. The second kappa shape index (κ2) is 6.66. The molecule has 0 saturated heterocycles. The summed E-state index contributed by atoms with van der Waals surface area (Å²) in [6.45, 7) is 7.71. The lowest BCUT2D eigenvalue weighted by atomic mass is 10.3. The highest BCUT2D eigenvalue weighted by Crippen LogP contribution is 2.30. The number of aryl methyl sites for hydroxylation is 2. The molecule has 2 rings (SSSR count). The lowest BCUT2D eigenvalue weighted by Crippen LogP contribution is -2.05. The van der Waals surface area contributed by atoms with Crippen LogP contribution in [-0.2, 0) is 6.54 Å². The van der Waals surface area contributed by atoms with E-state index in [-0.39, 0.29) is 0 Å². The summed E-state index contributed by atoms with van der Waals surface area (Å²) in [4.78, 5) is 7.02. The van der Waals surface area contributed by atoms with Crippen molar-refractivity contribution in [2.24, 2.45) is 0 Å². The van der Waals surface area contributed by atoms with E-state index in [2.05, 4.69) is 35.5 Å². The molecule has 0 spiro atoms. The third kappa shape index (κ3) is 3.57. The number of halogens is 2. The maximum Gasteiger partial charge on any atom is 0.147 e. The molecule has 0 radical (unpaired) electrons. The van der Waals surface area contributed by atoms with Crippen molar-refractivity contribution in [3.8, 4) is 0 Å². The predicted octanol–water partition coefficient (Wildman–Crippen LogP) is 5.11. The van der Waals surface area contributed by atoms with E-state index in [1.165, 1.54) is 15.3 Å². The van der Waals surface area contributed by atoms with Gasteiger partial charge in [0.2, 0.25) is 0 Å². The van der Waals surface area contributed by atoms with Crippen LogP contribution < -0.4 is 10.6 Å². The maximum absolute atomic E-state index is 6.17. The third-order valence-electron chi connectivity index (χ3n) is 2.92. The minimum absolute atomic E-state index is 0.529. The quantitative estimate of drug-likeness (QED) is 0.800. The Balaban J connectivity index is 2.14. The lowest BCUT2D eigenvalue weighted by molar-refractivity contribution is 1.11. The predicted molar refractivity (Wildman–Crippen MR) is 89.5 cm³/mol. The zero-order chi connectivity index (χ0) is 14.7. The first kappa shape index (κ1) is 15.4. The Kier molecular flexibility index (Phi) is 5.13. The number of nitrogens with zero attached hydrogens (tertiary/aromatic N) is 1. The van der Waals surface area contributed by atoms with Gasteiger partial charge in [0.05, 0.1) is 16.6 Å². The van der Waals surface area contributed by atoms with Crippen LogP contribution in [-0.4, -0.2) is 11.5 Å². The SMILES string of the molecule is CCNc1nc(NCc2cc(C)c(C)s2)c(Cl)cc1Cl. The highest BCUT2D eigenvalue weighted by Gasteiger charge is 2.09. The average molecular weight is 330 g/mol. The summed E-state index contributed by atoms with van der Waals surface area (Å²) >= 11 is 14.0. The van der Waals surface area contributed by atoms with Gasteiger partial charge in [-0.3, -0.25) is 0 Å². The molecule has 0 aromatic carbocycles. The van der Waals surface area contributed by atoms with Gasteiger partial charge in [0.25, 0.3) is 0 Å². The molecule has 0 aliphatic rings. The molecule has 0 saturated carbocycles. The van der Waals surface area contributed by atoms with E-state index in [9.17, 15) is 0 Å². The summed E-state index contributed by atoms with van der Waals surface area (Å²) in [5, 5.41) is 7.44. The van der Waals surface area contributed by atoms with E-state index in [1.807, 2.05) is 6.92 Å². The van der Waals surface area contributed by atoms with Crippen molar-refractivity contribution >= 4 is 46.2 Å². The van der Waals surface area contributed by atoms with Crippen molar-refractivity contribution in [1.29, 1.82) is 0 Å². The van der Waals surface area contributed by atoms with Crippen molar-refractivity contribution < 1.29 is 0 Å². The molecule has 3 nitrogen and oxygen atoms in total.